The fraction of sp³-hybridized carbons (Fsp3) is 0.500. The van der Waals surface area contributed by atoms with Crippen molar-refractivity contribution in [1.82, 2.24) is 0 Å². The van der Waals surface area contributed by atoms with Crippen LogP contribution < -0.4 is 4.74 Å². The Bertz CT molecular complexity index is 276. The molecule has 0 radical (unpaired) electrons. The molecule has 1 rings (SSSR count). The molecule has 0 fully saturated rings. The van der Waals surface area contributed by atoms with Gasteiger partial charge >= 0.3 is 0 Å². The second-order valence-electron chi connectivity index (χ2n) is 3.41. The summed E-state index contributed by atoms with van der Waals surface area (Å²) >= 11 is 6.85. The van der Waals surface area contributed by atoms with Crippen molar-refractivity contribution in [3.05, 3.63) is 28.7 Å². The molecular formula is C12H16Br2O. The Labute approximate surface area is 108 Å². The van der Waals surface area contributed by atoms with Crippen LogP contribution in [0.25, 0.3) is 0 Å². The third-order valence-electron chi connectivity index (χ3n) is 2.09. The highest BCUT2D eigenvalue weighted by atomic mass is 79.9. The predicted octanol–water partition coefficient (Wildman–Crippen LogP) is 4.78. The fourth-order valence-electron chi connectivity index (χ4n) is 1.30. The van der Waals surface area contributed by atoms with Crippen LogP contribution in [0.5, 0.6) is 5.75 Å². The van der Waals surface area contributed by atoms with Gasteiger partial charge in [-0.05, 0) is 31.0 Å². The van der Waals surface area contributed by atoms with Crippen molar-refractivity contribution < 1.29 is 4.74 Å². The molecule has 0 unspecified atom stereocenters. The van der Waals surface area contributed by atoms with Gasteiger partial charge < -0.3 is 4.74 Å². The van der Waals surface area contributed by atoms with Gasteiger partial charge in [-0.3, -0.25) is 0 Å². The van der Waals surface area contributed by atoms with E-state index in [2.05, 4.69) is 31.9 Å². The number of rotatable bonds is 7. The van der Waals surface area contributed by atoms with Crippen LogP contribution in [0.1, 0.15) is 25.7 Å². The van der Waals surface area contributed by atoms with Crippen LogP contribution in [0.3, 0.4) is 0 Å². The average Bonchev–Trinajstić information content (AvgIpc) is 2.23. The van der Waals surface area contributed by atoms with Gasteiger partial charge in [-0.15, -0.1) is 0 Å². The van der Waals surface area contributed by atoms with E-state index in [0.717, 1.165) is 28.6 Å². The number of halogens is 2. The molecule has 0 saturated carbocycles. The van der Waals surface area contributed by atoms with Crippen molar-refractivity contribution >= 4 is 31.9 Å². The van der Waals surface area contributed by atoms with Crippen LogP contribution in [-0.4, -0.2) is 11.9 Å². The summed E-state index contributed by atoms with van der Waals surface area (Å²) < 4.78 is 6.69. The van der Waals surface area contributed by atoms with E-state index in [0.29, 0.717) is 0 Å². The van der Waals surface area contributed by atoms with E-state index in [1.807, 2.05) is 24.3 Å². The Balaban J connectivity index is 2.10. The van der Waals surface area contributed by atoms with Gasteiger partial charge in [0.25, 0.3) is 0 Å². The summed E-state index contributed by atoms with van der Waals surface area (Å²) in [5.74, 6) is 0.949. The standard InChI is InChI=1S/C12H16Br2O/c13-8-3-1-2-4-9-15-12-7-5-6-11(14)10-12/h5-7,10H,1-4,8-9H2. The van der Waals surface area contributed by atoms with Crippen LogP contribution in [0.15, 0.2) is 28.7 Å². The summed E-state index contributed by atoms with van der Waals surface area (Å²) in [5, 5.41) is 1.11. The quantitative estimate of drug-likeness (QED) is 0.514. The van der Waals surface area contributed by atoms with Gasteiger partial charge in [-0.2, -0.15) is 0 Å². The molecule has 0 aromatic heterocycles. The van der Waals surface area contributed by atoms with Gasteiger partial charge in [0.2, 0.25) is 0 Å². The lowest BCUT2D eigenvalue weighted by Crippen LogP contribution is -1.97. The molecule has 0 N–H and O–H groups in total. The summed E-state index contributed by atoms with van der Waals surface area (Å²) in [6.45, 7) is 0.818. The molecule has 0 aliphatic carbocycles. The third kappa shape index (κ3) is 6.21. The number of hydrogen-bond acceptors (Lipinski definition) is 1. The molecule has 15 heavy (non-hydrogen) atoms. The third-order valence-corrected chi connectivity index (χ3v) is 3.15. The molecule has 1 nitrogen and oxygen atoms in total. The van der Waals surface area contributed by atoms with Gasteiger partial charge in [0.15, 0.2) is 0 Å². The van der Waals surface area contributed by atoms with Crippen LogP contribution in [0.4, 0.5) is 0 Å². The zero-order valence-electron chi connectivity index (χ0n) is 8.72. The number of ether oxygens (including phenoxy) is 1. The number of hydrogen-bond donors (Lipinski definition) is 0. The maximum absolute atomic E-state index is 5.63. The summed E-state index contributed by atoms with van der Waals surface area (Å²) in [4.78, 5) is 0. The van der Waals surface area contributed by atoms with E-state index in [-0.39, 0.29) is 0 Å². The molecule has 1 aromatic carbocycles. The average molecular weight is 336 g/mol. The highest BCUT2D eigenvalue weighted by Crippen LogP contribution is 2.18. The van der Waals surface area contributed by atoms with E-state index in [4.69, 9.17) is 4.74 Å². The number of alkyl halides is 1. The van der Waals surface area contributed by atoms with Gasteiger partial charge in [0.1, 0.15) is 5.75 Å². The monoisotopic (exact) mass is 334 g/mol. The van der Waals surface area contributed by atoms with Gasteiger partial charge in [0.05, 0.1) is 6.61 Å². The minimum Gasteiger partial charge on any atom is -0.494 e. The zero-order valence-corrected chi connectivity index (χ0v) is 11.9. The molecule has 0 atom stereocenters. The van der Waals surface area contributed by atoms with Crippen molar-refractivity contribution in [2.45, 2.75) is 25.7 Å². The van der Waals surface area contributed by atoms with E-state index < -0.39 is 0 Å². The lowest BCUT2D eigenvalue weighted by Gasteiger charge is -2.05. The highest BCUT2D eigenvalue weighted by molar-refractivity contribution is 9.10. The molecule has 1 aromatic rings. The first-order chi connectivity index (χ1) is 7.33. The predicted molar refractivity (Wildman–Crippen MR) is 71.9 cm³/mol. The van der Waals surface area contributed by atoms with Crippen molar-refractivity contribution in [1.29, 1.82) is 0 Å². The van der Waals surface area contributed by atoms with E-state index >= 15 is 0 Å². The van der Waals surface area contributed by atoms with Crippen LogP contribution in [0, 0.1) is 0 Å². The van der Waals surface area contributed by atoms with Crippen molar-refractivity contribution in [3.63, 3.8) is 0 Å². The molecule has 0 heterocycles. The van der Waals surface area contributed by atoms with Gasteiger partial charge in [0, 0.05) is 9.80 Å². The first-order valence-electron chi connectivity index (χ1n) is 5.27. The first-order valence-corrected chi connectivity index (χ1v) is 7.18. The topological polar surface area (TPSA) is 9.23 Å². The van der Waals surface area contributed by atoms with Crippen LogP contribution >= 0.6 is 31.9 Å². The molecule has 3 heteroatoms. The Morgan fingerprint density at radius 3 is 2.60 bits per heavy atom. The van der Waals surface area contributed by atoms with Gasteiger partial charge in [-0.25, -0.2) is 0 Å². The van der Waals surface area contributed by atoms with Crippen LogP contribution in [0.2, 0.25) is 0 Å². The van der Waals surface area contributed by atoms with Gasteiger partial charge in [-0.1, -0.05) is 50.8 Å². The summed E-state index contributed by atoms with van der Waals surface area (Å²) in [6.07, 6.45) is 4.93. The molecule has 0 spiro atoms. The Morgan fingerprint density at radius 2 is 1.87 bits per heavy atom. The van der Waals surface area contributed by atoms with Crippen LogP contribution in [-0.2, 0) is 0 Å². The first kappa shape index (κ1) is 13.0. The molecule has 0 saturated heterocycles. The molecular weight excluding hydrogens is 320 g/mol. The second-order valence-corrected chi connectivity index (χ2v) is 5.12. The molecule has 0 bridgehead atoms. The normalized spacial score (nSPS) is 10.3. The van der Waals surface area contributed by atoms with E-state index in [9.17, 15) is 0 Å². The maximum Gasteiger partial charge on any atom is 0.120 e. The van der Waals surface area contributed by atoms with Crippen molar-refractivity contribution in [2.24, 2.45) is 0 Å². The highest BCUT2D eigenvalue weighted by Gasteiger charge is 1.94. The van der Waals surface area contributed by atoms with E-state index in [1.54, 1.807) is 0 Å². The molecule has 0 aliphatic heterocycles. The molecule has 0 aliphatic rings. The Kier molecular flexibility index (Phi) is 7.11. The SMILES string of the molecule is BrCCCCCCOc1cccc(Br)c1. The smallest absolute Gasteiger partial charge is 0.120 e. The zero-order chi connectivity index (χ0) is 10.9. The second kappa shape index (κ2) is 8.17. The maximum atomic E-state index is 5.63. The molecule has 84 valence electrons. The van der Waals surface area contributed by atoms with E-state index in [1.165, 1.54) is 19.3 Å². The van der Waals surface area contributed by atoms with Crippen molar-refractivity contribution in [3.8, 4) is 5.75 Å². The van der Waals surface area contributed by atoms with Crippen molar-refractivity contribution in [2.75, 3.05) is 11.9 Å². The fourth-order valence-corrected chi connectivity index (χ4v) is 2.07. The lowest BCUT2D eigenvalue weighted by atomic mass is 10.2. The number of unbranched alkanes of at least 4 members (excludes halogenated alkanes) is 3. The summed E-state index contributed by atoms with van der Waals surface area (Å²) in [7, 11) is 0. The summed E-state index contributed by atoms with van der Waals surface area (Å²) in [5.41, 5.74) is 0. The largest absolute Gasteiger partial charge is 0.494 e. The molecule has 0 amide bonds. The minimum absolute atomic E-state index is 0.818. The summed E-state index contributed by atoms with van der Waals surface area (Å²) in [6, 6.07) is 7.98. The number of benzene rings is 1. The lowest BCUT2D eigenvalue weighted by molar-refractivity contribution is 0.305. The Hall–Kier alpha value is -0.0200. The minimum atomic E-state index is 0.818. The Morgan fingerprint density at radius 1 is 1.07 bits per heavy atom.